The van der Waals surface area contributed by atoms with Crippen molar-refractivity contribution >= 4 is 50.6 Å². The Morgan fingerprint density at radius 3 is 2.66 bits per heavy atom. The summed E-state index contributed by atoms with van der Waals surface area (Å²) in [6.45, 7) is 5.46. The van der Waals surface area contributed by atoms with Gasteiger partial charge in [-0.25, -0.2) is 4.98 Å². The Morgan fingerprint density at radius 1 is 1.31 bits per heavy atom. The van der Waals surface area contributed by atoms with Gasteiger partial charge in [0.05, 0.1) is 24.2 Å². The third-order valence-corrected chi connectivity index (χ3v) is 5.13. The summed E-state index contributed by atoms with van der Waals surface area (Å²) >= 11 is 9.59. The van der Waals surface area contributed by atoms with E-state index < -0.39 is 11.3 Å². The van der Waals surface area contributed by atoms with Crippen molar-refractivity contribution in [3.8, 4) is 11.5 Å². The molecule has 0 aliphatic heterocycles. The van der Waals surface area contributed by atoms with E-state index in [4.69, 9.17) is 26.8 Å². The molecular formula is C22H22BrClN4O4. The van der Waals surface area contributed by atoms with Crippen molar-refractivity contribution in [2.45, 2.75) is 26.2 Å². The molecule has 1 heterocycles. The molecule has 3 rings (SSSR count). The van der Waals surface area contributed by atoms with Crippen LogP contribution in [0.15, 0.2) is 44.7 Å². The molecule has 32 heavy (non-hydrogen) atoms. The summed E-state index contributed by atoms with van der Waals surface area (Å²) < 4.78 is 12.8. The lowest BCUT2D eigenvalue weighted by Gasteiger charge is -2.21. The van der Waals surface area contributed by atoms with Crippen molar-refractivity contribution in [1.29, 1.82) is 0 Å². The molecule has 0 aliphatic rings. The third kappa shape index (κ3) is 5.11. The van der Waals surface area contributed by atoms with E-state index in [0.717, 1.165) is 4.47 Å². The van der Waals surface area contributed by atoms with Crippen LogP contribution in [0.2, 0.25) is 5.02 Å². The van der Waals surface area contributed by atoms with Crippen LogP contribution in [0.4, 0.5) is 0 Å². The summed E-state index contributed by atoms with van der Waals surface area (Å²) in [6.07, 6.45) is 1.41. The summed E-state index contributed by atoms with van der Waals surface area (Å²) in [5, 5.41) is 5.19. The summed E-state index contributed by atoms with van der Waals surface area (Å²) in [4.78, 5) is 29.2. The first-order valence-electron chi connectivity index (χ1n) is 9.57. The molecule has 1 aromatic heterocycles. The third-order valence-electron chi connectivity index (χ3n) is 4.42. The lowest BCUT2D eigenvalue weighted by atomic mass is 9.95. The molecular weight excluding hydrogens is 500 g/mol. The molecule has 0 saturated carbocycles. The zero-order valence-electron chi connectivity index (χ0n) is 18.0. The van der Waals surface area contributed by atoms with Crippen molar-refractivity contribution < 1.29 is 14.3 Å². The number of methoxy groups -OCH3 is 1. The molecule has 3 aromatic rings. The lowest BCUT2D eigenvalue weighted by Crippen LogP contribution is -2.29. The summed E-state index contributed by atoms with van der Waals surface area (Å²) in [5.41, 5.74) is 5.38. The highest BCUT2D eigenvalue weighted by molar-refractivity contribution is 9.10. The fraction of sp³-hybridized carbons (Fsp3) is 0.273. The molecule has 0 atom stereocenters. The van der Waals surface area contributed by atoms with Crippen LogP contribution in [0.25, 0.3) is 10.9 Å². The Labute approximate surface area is 198 Å². The van der Waals surface area contributed by atoms with Gasteiger partial charge < -0.3 is 15.2 Å². The Morgan fingerprint density at radius 2 is 2.03 bits per heavy atom. The van der Waals surface area contributed by atoms with E-state index in [1.165, 1.54) is 24.1 Å². The maximum atomic E-state index is 13.3. The maximum Gasteiger partial charge on any atom is 0.282 e. The second-order valence-electron chi connectivity index (χ2n) is 7.99. The number of fused-ring (bicyclic) bond motifs is 1. The monoisotopic (exact) mass is 520 g/mol. The fourth-order valence-electron chi connectivity index (χ4n) is 3.00. The van der Waals surface area contributed by atoms with Gasteiger partial charge >= 0.3 is 0 Å². The second-order valence-corrected chi connectivity index (χ2v) is 9.34. The highest BCUT2D eigenvalue weighted by Crippen LogP contribution is 2.34. The highest BCUT2D eigenvalue weighted by atomic mass is 79.9. The molecule has 8 nitrogen and oxygen atoms in total. The molecule has 1 amide bonds. The van der Waals surface area contributed by atoms with Crippen LogP contribution in [-0.4, -0.2) is 35.5 Å². The predicted molar refractivity (Wildman–Crippen MR) is 128 cm³/mol. The number of benzene rings is 2. The standard InChI is InChI=1S/C22H22BrClN4O4/c1-22(2,3)21-27-16-6-5-13(23)8-15(16)20(30)28(21)26-10-12-7-14(24)9-17(31-4)19(12)32-11-18(25)29/h5-10H,11H2,1-4H3,(H2,25,29). The lowest BCUT2D eigenvalue weighted by molar-refractivity contribution is -0.119. The number of hydrogen-bond donors (Lipinski definition) is 1. The normalized spacial score (nSPS) is 11.8. The number of halogens is 2. The van der Waals surface area contributed by atoms with Gasteiger partial charge in [0.2, 0.25) is 0 Å². The van der Waals surface area contributed by atoms with Gasteiger partial charge in [0, 0.05) is 26.5 Å². The van der Waals surface area contributed by atoms with E-state index in [1.807, 2.05) is 26.8 Å². The maximum absolute atomic E-state index is 13.3. The molecule has 0 bridgehead atoms. The number of primary amides is 1. The van der Waals surface area contributed by atoms with E-state index in [-0.39, 0.29) is 17.9 Å². The van der Waals surface area contributed by atoms with Crippen LogP contribution < -0.4 is 20.8 Å². The summed E-state index contributed by atoms with van der Waals surface area (Å²) in [6, 6.07) is 8.43. The number of hydrogen-bond acceptors (Lipinski definition) is 6. The number of nitrogens with two attached hydrogens (primary N) is 1. The SMILES string of the molecule is COc1cc(Cl)cc(C=Nn2c(C(C)(C)C)nc3ccc(Br)cc3c2=O)c1OCC(N)=O. The Kier molecular flexibility index (Phi) is 6.90. The van der Waals surface area contributed by atoms with E-state index in [0.29, 0.717) is 33.1 Å². The molecule has 0 fully saturated rings. The average Bonchev–Trinajstić information content (AvgIpc) is 2.71. The molecule has 0 radical (unpaired) electrons. The zero-order chi connectivity index (χ0) is 23.6. The highest BCUT2D eigenvalue weighted by Gasteiger charge is 2.23. The molecule has 2 aromatic carbocycles. The number of amides is 1. The van der Waals surface area contributed by atoms with E-state index in [1.54, 1.807) is 18.2 Å². The van der Waals surface area contributed by atoms with Gasteiger partial charge in [0.15, 0.2) is 18.1 Å². The second kappa shape index (κ2) is 9.30. The molecule has 0 saturated heterocycles. The molecule has 0 aliphatic carbocycles. The number of carbonyl (C=O) groups excluding carboxylic acids is 1. The number of rotatable bonds is 6. The smallest absolute Gasteiger partial charge is 0.282 e. The quantitative estimate of drug-likeness (QED) is 0.495. The minimum absolute atomic E-state index is 0.223. The molecule has 0 unspecified atom stereocenters. The molecule has 0 spiro atoms. The average molecular weight is 522 g/mol. The van der Waals surface area contributed by atoms with Gasteiger partial charge in [-0.3, -0.25) is 9.59 Å². The van der Waals surface area contributed by atoms with Crippen LogP contribution >= 0.6 is 27.5 Å². The number of ether oxygens (including phenoxy) is 2. The van der Waals surface area contributed by atoms with Crippen molar-refractivity contribution in [2.24, 2.45) is 10.8 Å². The van der Waals surface area contributed by atoms with E-state index >= 15 is 0 Å². The molecule has 10 heteroatoms. The topological polar surface area (TPSA) is 109 Å². The van der Waals surface area contributed by atoms with Gasteiger partial charge in [-0.15, -0.1) is 0 Å². The Hall–Kier alpha value is -2.91. The van der Waals surface area contributed by atoms with Gasteiger partial charge in [0.25, 0.3) is 11.5 Å². The van der Waals surface area contributed by atoms with Gasteiger partial charge in [-0.1, -0.05) is 48.3 Å². The van der Waals surface area contributed by atoms with Gasteiger partial charge in [-0.05, 0) is 24.3 Å². The van der Waals surface area contributed by atoms with Gasteiger partial charge in [-0.2, -0.15) is 9.78 Å². The van der Waals surface area contributed by atoms with Crippen LogP contribution in [0.1, 0.15) is 32.2 Å². The molecule has 2 N–H and O–H groups in total. The number of carbonyl (C=O) groups is 1. The van der Waals surface area contributed by atoms with Crippen molar-refractivity contribution in [3.05, 3.63) is 61.6 Å². The predicted octanol–water partition coefficient (Wildman–Crippen LogP) is 3.86. The van der Waals surface area contributed by atoms with Crippen molar-refractivity contribution in [2.75, 3.05) is 13.7 Å². The zero-order valence-corrected chi connectivity index (χ0v) is 20.3. The first-order valence-corrected chi connectivity index (χ1v) is 10.7. The Bertz CT molecular complexity index is 1280. The summed E-state index contributed by atoms with van der Waals surface area (Å²) in [7, 11) is 1.44. The van der Waals surface area contributed by atoms with Crippen LogP contribution in [0, 0.1) is 0 Å². The van der Waals surface area contributed by atoms with Crippen LogP contribution in [0.3, 0.4) is 0 Å². The number of aromatic nitrogens is 2. The van der Waals surface area contributed by atoms with Crippen molar-refractivity contribution in [1.82, 2.24) is 9.66 Å². The first kappa shape index (κ1) is 23.7. The van der Waals surface area contributed by atoms with E-state index in [9.17, 15) is 9.59 Å². The summed E-state index contributed by atoms with van der Waals surface area (Å²) in [5.74, 6) is 0.341. The molecule has 168 valence electrons. The Balaban J connectivity index is 2.22. The fourth-order valence-corrected chi connectivity index (χ4v) is 3.57. The largest absolute Gasteiger partial charge is 0.493 e. The van der Waals surface area contributed by atoms with E-state index in [2.05, 4.69) is 26.0 Å². The van der Waals surface area contributed by atoms with Crippen molar-refractivity contribution in [3.63, 3.8) is 0 Å². The minimum atomic E-state index is -0.652. The van der Waals surface area contributed by atoms with Crippen LogP contribution in [0.5, 0.6) is 11.5 Å². The van der Waals surface area contributed by atoms with Crippen LogP contribution in [-0.2, 0) is 10.2 Å². The van der Waals surface area contributed by atoms with Gasteiger partial charge in [0.1, 0.15) is 5.82 Å². The number of nitrogens with zero attached hydrogens (tertiary/aromatic N) is 3. The first-order chi connectivity index (χ1) is 15.0. The minimum Gasteiger partial charge on any atom is -0.493 e.